The third kappa shape index (κ3) is 3.51. The summed E-state index contributed by atoms with van der Waals surface area (Å²) in [6.45, 7) is 1.82. The number of para-hydroxylation sites is 2. The summed E-state index contributed by atoms with van der Waals surface area (Å²) in [4.78, 5) is 16.5. The van der Waals surface area contributed by atoms with Crippen LogP contribution in [0.1, 0.15) is 24.8 Å². The lowest BCUT2D eigenvalue weighted by Crippen LogP contribution is -2.41. The summed E-state index contributed by atoms with van der Waals surface area (Å²) in [5.74, 6) is 0.443. The Kier molecular flexibility index (Phi) is 4.55. The molecular formula is C20H19F3N2O2. The minimum absolute atomic E-state index is 0.130. The normalized spacial score (nSPS) is 17.1. The van der Waals surface area contributed by atoms with Crippen molar-refractivity contribution in [3.05, 3.63) is 48.0 Å². The first-order chi connectivity index (χ1) is 12.9. The first-order valence-electron chi connectivity index (χ1n) is 8.97. The Bertz CT molecular complexity index is 861. The molecule has 4 nitrogen and oxygen atoms in total. The molecule has 0 spiro atoms. The number of benzene rings is 2. The van der Waals surface area contributed by atoms with Gasteiger partial charge in [0.2, 0.25) is 5.91 Å². The summed E-state index contributed by atoms with van der Waals surface area (Å²) in [7, 11) is 0. The molecule has 2 aliphatic rings. The fourth-order valence-corrected chi connectivity index (χ4v) is 3.58. The number of carbonyl (C=O) groups is 1. The maximum absolute atomic E-state index is 13.2. The number of amides is 1. The predicted octanol–water partition coefficient (Wildman–Crippen LogP) is 4.96. The van der Waals surface area contributed by atoms with Crippen LogP contribution in [0, 0.1) is 0 Å². The van der Waals surface area contributed by atoms with Crippen LogP contribution in [0.25, 0.3) is 0 Å². The van der Waals surface area contributed by atoms with Gasteiger partial charge in [-0.15, -0.1) is 0 Å². The highest BCUT2D eigenvalue weighted by molar-refractivity contribution is 6.05. The molecule has 0 unspecified atom stereocenters. The van der Waals surface area contributed by atoms with E-state index in [9.17, 15) is 18.0 Å². The second kappa shape index (κ2) is 6.88. The number of nitrogens with zero attached hydrogens (tertiary/aromatic N) is 2. The second-order valence-electron chi connectivity index (χ2n) is 6.82. The molecule has 1 fully saturated rings. The highest BCUT2D eigenvalue weighted by Crippen LogP contribution is 2.48. The Morgan fingerprint density at radius 2 is 1.67 bits per heavy atom. The molecule has 1 saturated heterocycles. The van der Waals surface area contributed by atoms with Gasteiger partial charge in [0.1, 0.15) is 0 Å². The topological polar surface area (TPSA) is 32.8 Å². The van der Waals surface area contributed by atoms with Crippen LogP contribution in [0.4, 0.5) is 24.5 Å². The van der Waals surface area contributed by atoms with E-state index in [4.69, 9.17) is 4.74 Å². The minimum atomic E-state index is -4.49. The molecule has 0 N–H and O–H groups in total. The fraction of sp³-hybridized carbons (Fsp3) is 0.350. The summed E-state index contributed by atoms with van der Waals surface area (Å²) in [6.07, 6.45) is -1.29. The lowest BCUT2D eigenvalue weighted by atomic mass is 10.1. The van der Waals surface area contributed by atoms with E-state index in [0.29, 0.717) is 11.4 Å². The maximum atomic E-state index is 13.2. The number of anilines is 2. The fourth-order valence-electron chi connectivity index (χ4n) is 3.58. The van der Waals surface area contributed by atoms with Crippen molar-refractivity contribution in [2.24, 2.45) is 0 Å². The number of fused-ring (bicyclic) bond motifs is 2. The molecule has 2 aromatic carbocycles. The number of hydrogen-bond donors (Lipinski definition) is 0. The van der Waals surface area contributed by atoms with Gasteiger partial charge in [0.15, 0.2) is 11.5 Å². The van der Waals surface area contributed by atoms with Crippen molar-refractivity contribution in [3.63, 3.8) is 0 Å². The Morgan fingerprint density at radius 1 is 0.963 bits per heavy atom. The van der Waals surface area contributed by atoms with Crippen molar-refractivity contribution in [3.8, 4) is 11.5 Å². The van der Waals surface area contributed by atoms with Gasteiger partial charge in [0.25, 0.3) is 0 Å². The molecule has 0 atom stereocenters. The zero-order chi connectivity index (χ0) is 19.0. The van der Waals surface area contributed by atoms with Gasteiger partial charge in [0.05, 0.1) is 23.5 Å². The molecule has 1 amide bonds. The number of ether oxygens (including phenoxy) is 1. The van der Waals surface area contributed by atoms with Crippen molar-refractivity contribution >= 4 is 17.3 Å². The third-order valence-electron chi connectivity index (χ3n) is 4.91. The summed E-state index contributed by atoms with van der Waals surface area (Å²) >= 11 is 0. The van der Waals surface area contributed by atoms with Crippen molar-refractivity contribution in [1.82, 2.24) is 4.90 Å². The first kappa shape index (κ1) is 17.9. The highest BCUT2D eigenvalue weighted by Gasteiger charge is 2.35. The minimum Gasteiger partial charge on any atom is -0.453 e. The van der Waals surface area contributed by atoms with Gasteiger partial charge < -0.3 is 4.74 Å². The number of alkyl halides is 3. The van der Waals surface area contributed by atoms with Crippen LogP contribution in [-0.2, 0) is 11.0 Å². The average Bonchev–Trinajstić information content (AvgIpc) is 2.65. The Hall–Kier alpha value is -2.54. The van der Waals surface area contributed by atoms with Crippen LogP contribution in [0.3, 0.4) is 0 Å². The van der Waals surface area contributed by atoms with Gasteiger partial charge >= 0.3 is 6.18 Å². The van der Waals surface area contributed by atoms with Gasteiger partial charge in [-0.1, -0.05) is 18.6 Å². The van der Waals surface area contributed by atoms with E-state index in [1.165, 1.54) is 11.0 Å². The van der Waals surface area contributed by atoms with Crippen LogP contribution in [0.5, 0.6) is 11.5 Å². The first-order valence-corrected chi connectivity index (χ1v) is 8.97. The molecule has 2 heterocycles. The van der Waals surface area contributed by atoms with E-state index in [0.717, 1.165) is 44.5 Å². The SMILES string of the molecule is O=C(CN1CCCCC1)N1c2ccccc2Oc2ccc(C(F)(F)F)cc21. The largest absolute Gasteiger partial charge is 0.453 e. The number of piperidine rings is 1. The van der Waals surface area contributed by atoms with Crippen molar-refractivity contribution < 1.29 is 22.7 Å². The van der Waals surface area contributed by atoms with E-state index in [-0.39, 0.29) is 23.9 Å². The van der Waals surface area contributed by atoms with Crippen LogP contribution < -0.4 is 9.64 Å². The summed E-state index contributed by atoms with van der Waals surface area (Å²) in [5.41, 5.74) is -0.211. The zero-order valence-electron chi connectivity index (χ0n) is 14.6. The Morgan fingerprint density at radius 3 is 2.41 bits per heavy atom. The van der Waals surface area contributed by atoms with Crippen molar-refractivity contribution in [1.29, 1.82) is 0 Å². The predicted molar refractivity (Wildman–Crippen MR) is 95.4 cm³/mol. The number of likely N-dealkylation sites (tertiary alicyclic amines) is 1. The standard InChI is InChI=1S/C20H19F3N2O2/c21-20(22,23)14-8-9-18-16(12-14)25(15-6-2-3-7-17(15)27-18)19(26)13-24-10-4-1-5-11-24/h2-3,6-9,12H,1,4-5,10-11,13H2. The summed E-state index contributed by atoms with van der Waals surface area (Å²) in [6, 6.07) is 10.1. The maximum Gasteiger partial charge on any atom is 0.416 e. The third-order valence-corrected chi connectivity index (χ3v) is 4.91. The monoisotopic (exact) mass is 376 g/mol. The van der Waals surface area contributed by atoms with Crippen molar-refractivity contribution in [2.75, 3.05) is 24.5 Å². The number of carbonyl (C=O) groups excluding carboxylic acids is 1. The average molecular weight is 376 g/mol. The van der Waals surface area contributed by atoms with Gasteiger partial charge in [-0.25, -0.2) is 0 Å². The number of rotatable bonds is 2. The van der Waals surface area contributed by atoms with Crippen LogP contribution >= 0.6 is 0 Å². The van der Waals surface area contributed by atoms with Crippen molar-refractivity contribution in [2.45, 2.75) is 25.4 Å². The van der Waals surface area contributed by atoms with Gasteiger partial charge in [0, 0.05) is 0 Å². The highest BCUT2D eigenvalue weighted by atomic mass is 19.4. The Labute approximate surface area is 155 Å². The molecule has 0 aromatic heterocycles. The van der Waals surface area contributed by atoms with E-state index >= 15 is 0 Å². The van der Waals surface area contributed by atoms with E-state index < -0.39 is 11.7 Å². The van der Waals surface area contributed by atoms with Gasteiger partial charge in [-0.05, 0) is 56.3 Å². The van der Waals surface area contributed by atoms with Gasteiger partial charge in [-0.2, -0.15) is 13.2 Å². The summed E-state index contributed by atoms with van der Waals surface area (Å²) in [5, 5.41) is 0. The molecule has 142 valence electrons. The second-order valence-corrected chi connectivity index (χ2v) is 6.82. The molecule has 2 aromatic rings. The van der Waals surface area contributed by atoms with E-state index in [2.05, 4.69) is 4.90 Å². The lowest BCUT2D eigenvalue weighted by molar-refractivity contribution is -0.137. The smallest absolute Gasteiger partial charge is 0.416 e. The Balaban J connectivity index is 1.73. The van der Waals surface area contributed by atoms with Crippen LogP contribution in [0.15, 0.2) is 42.5 Å². The summed E-state index contributed by atoms with van der Waals surface area (Å²) < 4.78 is 45.3. The lowest BCUT2D eigenvalue weighted by Gasteiger charge is -2.34. The molecule has 4 rings (SSSR count). The molecule has 27 heavy (non-hydrogen) atoms. The van der Waals surface area contributed by atoms with Crippen LogP contribution in [-0.4, -0.2) is 30.4 Å². The quantitative estimate of drug-likeness (QED) is 0.743. The molecular weight excluding hydrogens is 357 g/mol. The molecule has 7 heteroatoms. The van der Waals surface area contributed by atoms with E-state index in [1.807, 2.05) is 0 Å². The zero-order valence-corrected chi connectivity index (χ0v) is 14.6. The number of halogens is 3. The molecule has 0 radical (unpaired) electrons. The molecule has 0 bridgehead atoms. The number of hydrogen-bond acceptors (Lipinski definition) is 3. The van der Waals surface area contributed by atoms with E-state index in [1.54, 1.807) is 24.3 Å². The molecule has 0 aliphatic carbocycles. The molecule has 0 saturated carbocycles. The van der Waals surface area contributed by atoms with Gasteiger partial charge in [-0.3, -0.25) is 14.6 Å². The van der Waals surface area contributed by atoms with Crippen LogP contribution in [0.2, 0.25) is 0 Å². The molecule has 2 aliphatic heterocycles.